The molecule has 5 nitrogen and oxygen atoms in total. The summed E-state index contributed by atoms with van der Waals surface area (Å²) < 4.78 is 11.0. The van der Waals surface area contributed by atoms with Gasteiger partial charge in [0, 0.05) is 6.92 Å². The SMILES string of the molecule is CCC(C)/C=C(C)/C=C/C1=CC2=C(Cl)C(=O)C(C)(O)C(OC(C)=O)C2CO1. The lowest BCUT2D eigenvalue weighted by Crippen LogP contribution is -2.57. The van der Waals surface area contributed by atoms with Gasteiger partial charge in [-0.2, -0.15) is 0 Å². The van der Waals surface area contributed by atoms with Crippen molar-refractivity contribution in [1.29, 1.82) is 0 Å². The first-order chi connectivity index (χ1) is 12.6. The molecule has 0 amide bonds. The number of carbonyl (C=O) groups is 2. The normalized spacial score (nSPS) is 30.0. The Bertz CT molecular complexity index is 742. The van der Waals surface area contributed by atoms with E-state index in [1.807, 2.05) is 19.1 Å². The monoisotopic (exact) mass is 394 g/mol. The molecule has 2 rings (SSSR count). The average Bonchev–Trinajstić information content (AvgIpc) is 2.61. The van der Waals surface area contributed by atoms with Crippen LogP contribution in [0.1, 0.15) is 41.0 Å². The van der Waals surface area contributed by atoms with Gasteiger partial charge in [0.2, 0.25) is 5.78 Å². The molecular weight excluding hydrogens is 368 g/mol. The highest BCUT2D eigenvalue weighted by Crippen LogP contribution is 2.41. The van der Waals surface area contributed by atoms with E-state index in [9.17, 15) is 14.7 Å². The van der Waals surface area contributed by atoms with Gasteiger partial charge in [-0.25, -0.2) is 0 Å². The fourth-order valence-corrected chi connectivity index (χ4v) is 3.62. The van der Waals surface area contributed by atoms with E-state index >= 15 is 0 Å². The van der Waals surface area contributed by atoms with Crippen LogP contribution in [0.25, 0.3) is 0 Å². The molecule has 0 saturated heterocycles. The topological polar surface area (TPSA) is 72.8 Å². The number of rotatable bonds is 5. The van der Waals surface area contributed by atoms with Crippen LogP contribution in [-0.2, 0) is 19.1 Å². The van der Waals surface area contributed by atoms with Crippen LogP contribution in [0.15, 0.2) is 46.2 Å². The van der Waals surface area contributed by atoms with Crippen molar-refractivity contribution in [3.8, 4) is 0 Å². The maximum atomic E-state index is 12.5. The van der Waals surface area contributed by atoms with E-state index in [0.717, 1.165) is 12.0 Å². The van der Waals surface area contributed by atoms with Crippen molar-refractivity contribution >= 4 is 23.4 Å². The quantitative estimate of drug-likeness (QED) is 0.566. The Balaban J connectivity index is 2.34. The lowest BCUT2D eigenvalue weighted by atomic mass is 9.74. The van der Waals surface area contributed by atoms with Crippen molar-refractivity contribution in [2.75, 3.05) is 6.61 Å². The van der Waals surface area contributed by atoms with Crippen molar-refractivity contribution in [2.45, 2.75) is 52.7 Å². The van der Waals surface area contributed by atoms with Gasteiger partial charge in [0.15, 0.2) is 5.60 Å². The number of allylic oxidation sites excluding steroid dienone is 5. The van der Waals surface area contributed by atoms with Crippen molar-refractivity contribution in [2.24, 2.45) is 11.8 Å². The van der Waals surface area contributed by atoms with Gasteiger partial charge < -0.3 is 14.6 Å². The molecule has 1 aliphatic heterocycles. The number of hydrogen-bond donors (Lipinski definition) is 1. The molecule has 27 heavy (non-hydrogen) atoms. The third-order valence-corrected chi connectivity index (χ3v) is 5.34. The average molecular weight is 395 g/mol. The van der Waals surface area contributed by atoms with E-state index in [1.165, 1.54) is 13.8 Å². The van der Waals surface area contributed by atoms with Gasteiger partial charge in [-0.1, -0.05) is 49.6 Å². The molecule has 1 N–H and O–H groups in total. The van der Waals surface area contributed by atoms with Crippen molar-refractivity contribution in [1.82, 2.24) is 0 Å². The highest BCUT2D eigenvalue weighted by atomic mass is 35.5. The first-order valence-electron chi connectivity index (χ1n) is 9.13. The fourth-order valence-electron chi connectivity index (χ4n) is 3.24. The zero-order valence-corrected chi connectivity index (χ0v) is 17.2. The first kappa shape index (κ1) is 21.5. The molecule has 0 aromatic rings. The van der Waals surface area contributed by atoms with Gasteiger partial charge in [0.25, 0.3) is 0 Å². The summed E-state index contributed by atoms with van der Waals surface area (Å²) >= 11 is 6.24. The van der Waals surface area contributed by atoms with Crippen molar-refractivity contribution < 1.29 is 24.2 Å². The van der Waals surface area contributed by atoms with Crippen LogP contribution in [0, 0.1) is 11.8 Å². The van der Waals surface area contributed by atoms with E-state index in [4.69, 9.17) is 21.1 Å². The van der Waals surface area contributed by atoms with Crippen LogP contribution < -0.4 is 0 Å². The second kappa shape index (κ2) is 8.44. The molecule has 0 fully saturated rings. The molecule has 148 valence electrons. The predicted molar refractivity (Wildman–Crippen MR) is 104 cm³/mol. The van der Waals surface area contributed by atoms with E-state index in [2.05, 4.69) is 19.9 Å². The number of aliphatic hydroxyl groups is 1. The minimum absolute atomic E-state index is 0.0468. The number of ether oxygens (including phenoxy) is 2. The van der Waals surface area contributed by atoms with E-state index < -0.39 is 29.4 Å². The Labute approximate surface area is 165 Å². The Kier molecular flexibility index (Phi) is 6.71. The second-order valence-electron chi connectivity index (χ2n) is 7.37. The molecule has 2 aliphatic rings. The molecule has 0 aromatic carbocycles. The Morgan fingerprint density at radius 3 is 2.78 bits per heavy atom. The number of esters is 1. The van der Waals surface area contributed by atoms with Crippen LogP contribution in [-0.4, -0.2) is 35.2 Å². The smallest absolute Gasteiger partial charge is 0.303 e. The molecule has 0 saturated carbocycles. The maximum Gasteiger partial charge on any atom is 0.303 e. The zero-order chi connectivity index (χ0) is 20.4. The third-order valence-electron chi connectivity index (χ3n) is 4.95. The predicted octanol–water partition coefficient (Wildman–Crippen LogP) is 3.82. The number of halogens is 1. The van der Waals surface area contributed by atoms with Gasteiger partial charge >= 0.3 is 5.97 Å². The summed E-state index contributed by atoms with van der Waals surface area (Å²) in [4.78, 5) is 23.9. The second-order valence-corrected chi connectivity index (χ2v) is 7.75. The minimum Gasteiger partial charge on any atom is -0.493 e. The molecule has 0 spiro atoms. The van der Waals surface area contributed by atoms with Gasteiger partial charge in [-0.15, -0.1) is 0 Å². The minimum atomic E-state index is -1.89. The third kappa shape index (κ3) is 4.71. The van der Waals surface area contributed by atoms with Gasteiger partial charge in [-0.05, 0) is 37.5 Å². The summed E-state index contributed by atoms with van der Waals surface area (Å²) in [5.74, 6) is -0.697. The lowest BCUT2D eigenvalue weighted by molar-refractivity contribution is -0.174. The molecule has 4 atom stereocenters. The van der Waals surface area contributed by atoms with Crippen LogP contribution in [0.5, 0.6) is 0 Å². The van der Waals surface area contributed by atoms with Crippen LogP contribution in [0.2, 0.25) is 0 Å². The standard InChI is InChI=1S/C21H27ClO5/c1-6-12(2)9-13(3)7-8-15-10-16-17(11-26-15)20(27-14(4)23)21(5,25)19(24)18(16)22/h7-10,12,17,20,25H,6,11H2,1-5H3/b8-7+,13-9+. The summed E-state index contributed by atoms with van der Waals surface area (Å²) in [6.45, 7) is 8.99. The maximum absolute atomic E-state index is 12.5. The molecule has 0 bridgehead atoms. The highest BCUT2D eigenvalue weighted by Gasteiger charge is 2.53. The van der Waals surface area contributed by atoms with Gasteiger partial charge in [-0.3, -0.25) is 9.59 Å². The number of Topliss-reactive ketones (excluding diaryl/α,β-unsaturated/α-hetero) is 1. The Morgan fingerprint density at radius 1 is 1.52 bits per heavy atom. The molecule has 0 radical (unpaired) electrons. The molecule has 1 heterocycles. The Hall–Kier alpha value is -1.85. The summed E-state index contributed by atoms with van der Waals surface area (Å²) in [7, 11) is 0. The van der Waals surface area contributed by atoms with E-state index in [1.54, 1.807) is 6.08 Å². The molecular formula is C21H27ClO5. The molecule has 6 heteroatoms. The lowest BCUT2D eigenvalue weighted by Gasteiger charge is -2.42. The summed E-state index contributed by atoms with van der Waals surface area (Å²) in [5.41, 5.74) is -0.262. The zero-order valence-electron chi connectivity index (χ0n) is 16.4. The fraction of sp³-hybridized carbons (Fsp3) is 0.524. The molecule has 1 aliphatic carbocycles. The summed E-state index contributed by atoms with van der Waals surface area (Å²) in [6, 6.07) is 0. The number of fused-ring (bicyclic) bond motifs is 1. The van der Waals surface area contributed by atoms with E-state index in [-0.39, 0.29) is 11.6 Å². The summed E-state index contributed by atoms with van der Waals surface area (Å²) in [6.07, 6.45) is 7.62. The number of ketones is 1. The van der Waals surface area contributed by atoms with E-state index in [0.29, 0.717) is 17.3 Å². The number of hydrogen-bond acceptors (Lipinski definition) is 5. The van der Waals surface area contributed by atoms with Crippen LogP contribution in [0.4, 0.5) is 0 Å². The van der Waals surface area contributed by atoms with Crippen LogP contribution >= 0.6 is 11.6 Å². The molecule has 4 unspecified atom stereocenters. The highest BCUT2D eigenvalue weighted by molar-refractivity contribution is 6.44. The van der Waals surface area contributed by atoms with Crippen molar-refractivity contribution in [3.05, 3.63) is 46.2 Å². The first-order valence-corrected chi connectivity index (χ1v) is 9.50. The van der Waals surface area contributed by atoms with Gasteiger partial charge in [0.05, 0.1) is 17.6 Å². The summed E-state index contributed by atoms with van der Waals surface area (Å²) in [5, 5.41) is 10.5. The largest absolute Gasteiger partial charge is 0.493 e. The van der Waals surface area contributed by atoms with Crippen LogP contribution in [0.3, 0.4) is 0 Å². The van der Waals surface area contributed by atoms with Gasteiger partial charge in [0.1, 0.15) is 11.9 Å². The van der Waals surface area contributed by atoms with Crippen molar-refractivity contribution in [3.63, 3.8) is 0 Å². The molecule has 0 aromatic heterocycles. The Morgan fingerprint density at radius 2 is 2.19 bits per heavy atom. The number of carbonyl (C=O) groups excluding carboxylic acids is 2.